The van der Waals surface area contributed by atoms with Crippen molar-refractivity contribution in [2.75, 3.05) is 13.7 Å². The lowest BCUT2D eigenvalue weighted by atomic mass is 9.82. The van der Waals surface area contributed by atoms with Gasteiger partial charge in [-0.05, 0) is 31.6 Å². The summed E-state index contributed by atoms with van der Waals surface area (Å²) in [4.78, 5) is 11.1. The van der Waals surface area contributed by atoms with Crippen molar-refractivity contribution >= 4 is 5.97 Å². The number of methoxy groups -OCH3 is 1. The molecule has 0 spiro atoms. The van der Waals surface area contributed by atoms with E-state index in [1.165, 1.54) is 0 Å². The van der Waals surface area contributed by atoms with E-state index in [-0.39, 0.29) is 0 Å². The van der Waals surface area contributed by atoms with Crippen LogP contribution in [0.25, 0.3) is 0 Å². The first kappa shape index (κ1) is 10.5. The third-order valence-corrected chi connectivity index (χ3v) is 3.09. The molecule has 0 aliphatic heterocycles. The Morgan fingerprint density at radius 2 is 2.38 bits per heavy atom. The maximum Gasteiger partial charge on any atom is 0.309 e. The zero-order valence-corrected chi connectivity index (χ0v) is 8.38. The second-order valence-corrected chi connectivity index (χ2v) is 4.18. The number of aliphatic carboxylic acids is 1. The monoisotopic (exact) mass is 186 g/mol. The van der Waals surface area contributed by atoms with Crippen molar-refractivity contribution in [2.24, 2.45) is 11.3 Å². The standard InChI is InChI=1S/C10H18O3/c1-8-3-4-10(7-8,9(11)12)5-6-13-2/h8H,3-7H2,1-2H3,(H,11,12). The van der Waals surface area contributed by atoms with E-state index in [0.29, 0.717) is 18.9 Å². The van der Waals surface area contributed by atoms with Gasteiger partial charge in [0.2, 0.25) is 0 Å². The van der Waals surface area contributed by atoms with Crippen LogP contribution in [0.15, 0.2) is 0 Å². The molecule has 1 fully saturated rings. The normalized spacial score (nSPS) is 33.5. The van der Waals surface area contributed by atoms with E-state index >= 15 is 0 Å². The molecule has 1 rings (SSSR count). The third kappa shape index (κ3) is 2.21. The molecule has 1 saturated carbocycles. The summed E-state index contributed by atoms with van der Waals surface area (Å²) in [5, 5.41) is 9.15. The number of ether oxygens (including phenoxy) is 1. The van der Waals surface area contributed by atoms with Crippen LogP contribution in [-0.2, 0) is 9.53 Å². The number of carbonyl (C=O) groups is 1. The van der Waals surface area contributed by atoms with Crippen LogP contribution in [0.1, 0.15) is 32.6 Å². The molecule has 0 radical (unpaired) electrons. The van der Waals surface area contributed by atoms with Crippen LogP contribution in [0, 0.1) is 11.3 Å². The van der Waals surface area contributed by atoms with Gasteiger partial charge in [-0.15, -0.1) is 0 Å². The Labute approximate surface area is 79.1 Å². The van der Waals surface area contributed by atoms with Gasteiger partial charge in [0.15, 0.2) is 0 Å². The zero-order valence-electron chi connectivity index (χ0n) is 8.38. The number of rotatable bonds is 4. The van der Waals surface area contributed by atoms with E-state index in [2.05, 4.69) is 6.92 Å². The molecule has 3 nitrogen and oxygen atoms in total. The van der Waals surface area contributed by atoms with Crippen molar-refractivity contribution in [2.45, 2.75) is 32.6 Å². The minimum Gasteiger partial charge on any atom is -0.481 e. The molecule has 3 heteroatoms. The summed E-state index contributed by atoms with van der Waals surface area (Å²) in [6.45, 7) is 2.68. The Hall–Kier alpha value is -0.570. The van der Waals surface area contributed by atoms with Crippen molar-refractivity contribution in [3.8, 4) is 0 Å². The summed E-state index contributed by atoms with van der Waals surface area (Å²) in [5.74, 6) is -0.0955. The Morgan fingerprint density at radius 1 is 1.69 bits per heavy atom. The summed E-state index contributed by atoms with van der Waals surface area (Å²) >= 11 is 0. The minimum absolute atomic E-state index is 0.491. The van der Waals surface area contributed by atoms with Gasteiger partial charge in [0.1, 0.15) is 0 Å². The second-order valence-electron chi connectivity index (χ2n) is 4.18. The average molecular weight is 186 g/mol. The third-order valence-electron chi connectivity index (χ3n) is 3.09. The van der Waals surface area contributed by atoms with E-state index in [9.17, 15) is 4.79 Å². The lowest BCUT2D eigenvalue weighted by Gasteiger charge is -2.23. The molecule has 1 aliphatic rings. The van der Waals surface area contributed by atoms with Crippen LogP contribution in [0.3, 0.4) is 0 Å². The van der Waals surface area contributed by atoms with Gasteiger partial charge in [-0.25, -0.2) is 0 Å². The molecule has 0 aromatic heterocycles. The minimum atomic E-state index is -0.645. The highest BCUT2D eigenvalue weighted by Crippen LogP contribution is 2.44. The predicted octanol–water partition coefficient (Wildman–Crippen LogP) is 1.91. The summed E-state index contributed by atoms with van der Waals surface area (Å²) in [5.41, 5.74) is -0.491. The molecule has 1 aliphatic carbocycles. The van der Waals surface area contributed by atoms with Crippen LogP contribution < -0.4 is 0 Å². The van der Waals surface area contributed by atoms with Crippen molar-refractivity contribution in [3.63, 3.8) is 0 Å². The number of hydrogen-bond acceptors (Lipinski definition) is 2. The molecule has 0 aromatic rings. The van der Waals surface area contributed by atoms with Gasteiger partial charge in [0, 0.05) is 13.7 Å². The molecule has 0 heterocycles. The van der Waals surface area contributed by atoms with E-state index in [4.69, 9.17) is 9.84 Å². The quantitative estimate of drug-likeness (QED) is 0.729. The fourth-order valence-corrected chi connectivity index (χ4v) is 2.22. The predicted molar refractivity (Wildman–Crippen MR) is 49.6 cm³/mol. The lowest BCUT2D eigenvalue weighted by molar-refractivity contribution is -0.150. The maximum atomic E-state index is 11.1. The largest absolute Gasteiger partial charge is 0.481 e. The van der Waals surface area contributed by atoms with Gasteiger partial charge in [-0.2, -0.15) is 0 Å². The van der Waals surface area contributed by atoms with Crippen LogP contribution in [0.2, 0.25) is 0 Å². The summed E-state index contributed by atoms with van der Waals surface area (Å²) < 4.78 is 4.95. The van der Waals surface area contributed by atoms with E-state index < -0.39 is 11.4 Å². The molecular formula is C10H18O3. The topological polar surface area (TPSA) is 46.5 Å². The van der Waals surface area contributed by atoms with Crippen molar-refractivity contribution in [1.29, 1.82) is 0 Å². The molecule has 0 bridgehead atoms. The van der Waals surface area contributed by atoms with E-state index in [1.54, 1.807) is 7.11 Å². The van der Waals surface area contributed by atoms with Gasteiger partial charge in [0.25, 0.3) is 0 Å². The molecule has 0 amide bonds. The smallest absolute Gasteiger partial charge is 0.309 e. The first-order valence-electron chi connectivity index (χ1n) is 4.83. The number of hydrogen-bond donors (Lipinski definition) is 1. The van der Waals surface area contributed by atoms with Crippen LogP contribution in [0.4, 0.5) is 0 Å². The molecule has 2 unspecified atom stereocenters. The highest BCUT2D eigenvalue weighted by atomic mass is 16.5. The highest BCUT2D eigenvalue weighted by Gasteiger charge is 2.43. The SMILES string of the molecule is COCCC1(C(=O)O)CCC(C)C1. The van der Waals surface area contributed by atoms with Crippen LogP contribution in [-0.4, -0.2) is 24.8 Å². The van der Waals surface area contributed by atoms with Crippen molar-refractivity contribution < 1.29 is 14.6 Å². The molecule has 0 saturated heterocycles. The Balaban J connectivity index is 2.60. The van der Waals surface area contributed by atoms with Gasteiger partial charge in [-0.1, -0.05) is 6.92 Å². The van der Waals surface area contributed by atoms with Crippen LogP contribution in [0.5, 0.6) is 0 Å². The average Bonchev–Trinajstić information content (AvgIpc) is 2.45. The van der Waals surface area contributed by atoms with E-state index in [0.717, 1.165) is 19.3 Å². The van der Waals surface area contributed by atoms with Crippen molar-refractivity contribution in [1.82, 2.24) is 0 Å². The molecule has 76 valence electrons. The fourth-order valence-electron chi connectivity index (χ4n) is 2.22. The Bertz CT molecular complexity index is 191. The molecule has 2 atom stereocenters. The van der Waals surface area contributed by atoms with Crippen LogP contribution >= 0.6 is 0 Å². The van der Waals surface area contributed by atoms with Gasteiger partial charge >= 0.3 is 5.97 Å². The molecular weight excluding hydrogens is 168 g/mol. The highest BCUT2D eigenvalue weighted by molar-refractivity contribution is 5.75. The summed E-state index contributed by atoms with van der Waals surface area (Å²) in [7, 11) is 1.62. The first-order valence-corrected chi connectivity index (χ1v) is 4.83. The maximum absolute atomic E-state index is 11.1. The lowest BCUT2D eigenvalue weighted by Crippen LogP contribution is -2.29. The Morgan fingerprint density at radius 3 is 2.77 bits per heavy atom. The second kappa shape index (κ2) is 4.09. The molecule has 0 aromatic carbocycles. The number of carboxylic acid groups (broad SMARTS) is 1. The van der Waals surface area contributed by atoms with Gasteiger partial charge in [0.05, 0.1) is 5.41 Å². The molecule has 13 heavy (non-hydrogen) atoms. The molecule has 1 N–H and O–H groups in total. The van der Waals surface area contributed by atoms with Gasteiger partial charge in [-0.3, -0.25) is 4.79 Å². The van der Waals surface area contributed by atoms with Gasteiger partial charge < -0.3 is 9.84 Å². The fraction of sp³-hybridized carbons (Fsp3) is 0.900. The van der Waals surface area contributed by atoms with Crippen molar-refractivity contribution in [3.05, 3.63) is 0 Å². The first-order chi connectivity index (χ1) is 6.10. The van der Waals surface area contributed by atoms with E-state index in [1.807, 2.05) is 0 Å². The zero-order chi connectivity index (χ0) is 9.90. The Kier molecular flexibility index (Phi) is 3.31. The summed E-state index contributed by atoms with van der Waals surface area (Å²) in [6.07, 6.45) is 3.32. The number of carboxylic acids is 1. The summed E-state index contributed by atoms with van der Waals surface area (Å²) in [6, 6.07) is 0.